The zero-order valence-corrected chi connectivity index (χ0v) is 21.9. The molecule has 5 rings (SSSR count). The molecule has 10 heteroatoms. The van der Waals surface area contributed by atoms with Gasteiger partial charge >= 0.3 is 0 Å². The van der Waals surface area contributed by atoms with Gasteiger partial charge in [-0.3, -0.25) is 9.69 Å². The van der Waals surface area contributed by atoms with Gasteiger partial charge in [0, 0.05) is 45.3 Å². The van der Waals surface area contributed by atoms with Crippen LogP contribution in [0.25, 0.3) is 6.08 Å². The first-order valence-corrected chi connectivity index (χ1v) is 13.5. The number of benzene rings is 2. The van der Waals surface area contributed by atoms with Crippen molar-refractivity contribution in [2.45, 2.75) is 11.7 Å². The summed E-state index contributed by atoms with van der Waals surface area (Å²) in [5, 5.41) is 3.79. The van der Waals surface area contributed by atoms with Crippen LogP contribution in [-0.2, 0) is 11.3 Å². The number of rotatable bonds is 9. The molecule has 8 nitrogen and oxygen atoms in total. The van der Waals surface area contributed by atoms with Gasteiger partial charge in [-0.25, -0.2) is 9.97 Å². The Morgan fingerprint density at radius 2 is 1.84 bits per heavy atom. The van der Waals surface area contributed by atoms with Crippen LogP contribution < -0.4 is 19.7 Å². The van der Waals surface area contributed by atoms with E-state index in [9.17, 15) is 4.79 Å². The van der Waals surface area contributed by atoms with Crippen molar-refractivity contribution in [2.24, 2.45) is 0 Å². The van der Waals surface area contributed by atoms with Gasteiger partial charge in [0.15, 0.2) is 16.7 Å². The Hall–Kier alpha value is -3.27. The zero-order chi connectivity index (χ0) is 25.5. The van der Waals surface area contributed by atoms with E-state index in [1.54, 1.807) is 6.07 Å². The maximum absolute atomic E-state index is 12.4. The number of thioether (sulfide) groups is 1. The number of aromatic nitrogens is 2. The zero-order valence-electron chi connectivity index (χ0n) is 20.3. The van der Waals surface area contributed by atoms with Crippen LogP contribution in [0.5, 0.6) is 11.5 Å². The summed E-state index contributed by atoms with van der Waals surface area (Å²) in [6, 6.07) is 17.7. The summed E-state index contributed by atoms with van der Waals surface area (Å²) < 4.78 is 10.7. The topological polar surface area (TPSA) is 79.8 Å². The second kappa shape index (κ2) is 12.3. The lowest BCUT2D eigenvalue weighted by Crippen LogP contribution is -2.46. The van der Waals surface area contributed by atoms with E-state index in [4.69, 9.17) is 21.1 Å². The highest BCUT2D eigenvalue weighted by atomic mass is 35.5. The predicted molar refractivity (Wildman–Crippen MR) is 146 cm³/mol. The SMILES string of the molecule is O=C(CSc1nc(Cl)cc(N2CCN(C/C=C/c3ccccc3)CC2)n1)NCc1ccc2c(c1)OCO2. The van der Waals surface area contributed by atoms with Crippen LogP contribution in [0.2, 0.25) is 5.15 Å². The molecule has 0 spiro atoms. The molecular formula is C27H28ClN5O3S. The van der Waals surface area contributed by atoms with Gasteiger partial charge in [0.2, 0.25) is 12.7 Å². The van der Waals surface area contributed by atoms with Crippen molar-refractivity contribution in [3.05, 3.63) is 77.0 Å². The van der Waals surface area contributed by atoms with Crippen molar-refractivity contribution in [1.82, 2.24) is 20.2 Å². The Bertz CT molecular complexity index is 1250. The highest BCUT2D eigenvalue weighted by Crippen LogP contribution is 2.32. The van der Waals surface area contributed by atoms with Crippen molar-refractivity contribution < 1.29 is 14.3 Å². The number of halogens is 1. The summed E-state index contributed by atoms with van der Waals surface area (Å²) in [4.78, 5) is 26.0. The highest BCUT2D eigenvalue weighted by Gasteiger charge is 2.19. The lowest BCUT2D eigenvalue weighted by Gasteiger charge is -2.35. The lowest BCUT2D eigenvalue weighted by molar-refractivity contribution is -0.118. The Balaban J connectivity index is 1.08. The Morgan fingerprint density at radius 3 is 2.68 bits per heavy atom. The molecule has 0 atom stereocenters. The molecule has 192 valence electrons. The Labute approximate surface area is 225 Å². The molecule has 1 N–H and O–H groups in total. The van der Waals surface area contributed by atoms with Crippen molar-refractivity contribution in [1.29, 1.82) is 0 Å². The molecule has 0 bridgehead atoms. The largest absolute Gasteiger partial charge is 0.454 e. The van der Waals surface area contributed by atoms with E-state index in [1.165, 1.54) is 17.3 Å². The molecule has 2 aromatic carbocycles. The Kier molecular flexibility index (Phi) is 8.45. The number of nitrogens with zero attached hydrogens (tertiary/aromatic N) is 4. The monoisotopic (exact) mass is 537 g/mol. The maximum Gasteiger partial charge on any atom is 0.231 e. The van der Waals surface area contributed by atoms with Gasteiger partial charge in [0.25, 0.3) is 0 Å². The number of carbonyl (C=O) groups excluding carboxylic acids is 1. The molecule has 0 aliphatic carbocycles. The molecule has 0 unspecified atom stereocenters. The van der Waals surface area contributed by atoms with E-state index in [1.807, 2.05) is 36.4 Å². The number of ether oxygens (including phenoxy) is 2. The lowest BCUT2D eigenvalue weighted by atomic mass is 10.2. The van der Waals surface area contributed by atoms with Crippen molar-refractivity contribution in [2.75, 3.05) is 50.2 Å². The van der Waals surface area contributed by atoms with Crippen molar-refractivity contribution in [3.63, 3.8) is 0 Å². The summed E-state index contributed by atoms with van der Waals surface area (Å²) in [6.45, 7) is 5.12. The van der Waals surface area contributed by atoms with Crippen LogP contribution in [0, 0.1) is 0 Å². The maximum atomic E-state index is 12.4. The fourth-order valence-electron chi connectivity index (χ4n) is 4.11. The number of nitrogens with one attached hydrogen (secondary N) is 1. The van der Waals surface area contributed by atoms with E-state index < -0.39 is 0 Å². The van der Waals surface area contributed by atoms with E-state index in [2.05, 4.69) is 49.4 Å². The number of anilines is 1. The van der Waals surface area contributed by atoms with E-state index >= 15 is 0 Å². The molecule has 1 amide bonds. The molecule has 3 heterocycles. The summed E-state index contributed by atoms with van der Waals surface area (Å²) in [7, 11) is 0. The minimum Gasteiger partial charge on any atom is -0.454 e. The molecule has 1 saturated heterocycles. The second-order valence-corrected chi connectivity index (χ2v) is 10.0. The number of hydrogen-bond donors (Lipinski definition) is 1. The van der Waals surface area contributed by atoms with Crippen LogP contribution in [-0.4, -0.2) is 66.0 Å². The number of fused-ring (bicyclic) bond motifs is 1. The smallest absolute Gasteiger partial charge is 0.231 e. The molecule has 37 heavy (non-hydrogen) atoms. The van der Waals surface area contributed by atoms with Gasteiger partial charge < -0.3 is 19.7 Å². The molecule has 1 aromatic heterocycles. The molecule has 1 fully saturated rings. The van der Waals surface area contributed by atoms with Gasteiger partial charge in [-0.05, 0) is 23.3 Å². The highest BCUT2D eigenvalue weighted by molar-refractivity contribution is 7.99. The Morgan fingerprint density at radius 1 is 1.03 bits per heavy atom. The average molecular weight is 538 g/mol. The van der Waals surface area contributed by atoms with Crippen LogP contribution in [0.4, 0.5) is 5.82 Å². The molecule has 3 aromatic rings. The number of carbonyl (C=O) groups is 1. The van der Waals surface area contributed by atoms with Crippen LogP contribution >= 0.6 is 23.4 Å². The standard InChI is InChI=1S/C27H28ClN5O3S/c28-24-16-25(33-13-11-32(12-14-33)10-4-7-20-5-2-1-3-6-20)31-27(30-24)37-18-26(34)29-17-21-8-9-22-23(15-21)36-19-35-22/h1-9,15-16H,10-14,17-19H2,(H,29,34)/b7-4+. The molecule has 0 saturated carbocycles. The predicted octanol–water partition coefficient (Wildman–Crippen LogP) is 4.10. The third-order valence-corrected chi connectivity index (χ3v) is 7.13. The molecule has 0 radical (unpaired) electrons. The van der Waals surface area contributed by atoms with E-state index in [0.29, 0.717) is 22.6 Å². The van der Waals surface area contributed by atoms with Crippen molar-refractivity contribution in [3.8, 4) is 11.5 Å². The van der Waals surface area contributed by atoms with Crippen LogP contribution in [0.15, 0.2) is 65.8 Å². The van der Waals surface area contributed by atoms with Gasteiger partial charge in [0.05, 0.1) is 5.75 Å². The molecular weight excluding hydrogens is 510 g/mol. The quantitative estimate of drug-likeness (QED) is 0.248. The van der Waals surface area contributed by atoms with Gasteiger partial charge in [0.1, 0.15) is 11.0 Å². The molecule has 2 aliphatic rings. The van der Waals surface area contributed by atoms with Crippen molar-refractivity contribution >= 4 is 41.2 Å². The minimum absolute atomic E-state index is 0.107. The first kappa shape index (κ1) is 25.4. The number of hydrogen-bond acceptors (Lipinski definition) is 8. The summed E-state index contributed by atoms with van der Waals surface area (Å²) in [5.74, 6) is 2.31. The second-order valence-electron chi connectivity index (χ2n) is 8.69. The molecule has 2 aliphatic heterocycles. The van der Waals surface area contributed by atoms with Gasteiger partial charge in [-0.2, -0.15) is 0 Å². The normalized spacial score (nSPS) is 15.3. The van der Waals surface area contributed by atoms with Crippen LogP contribution in [0.3, 0.4) is 0 Å². The average Bonchev–Trinajstić information content (AvgIpc) is 3.39. The third-order valence-electron chi connectivity index (χ3n) is 6.09. The van der Waals surface area contributed by atoms with Gasteiger partial charge in [-0.15, -0.1) is 0 Å². The first-order valence-electron chi connectivity index (χ1n) is 12.1. The van der Waals surface area contributed by atoms with Crippen LogP contribution in [0.1, 0.15) is 11.1 Å². The summed E-state index contributed by atoms with van der Waals surface area (Å²) >= 11 is 7.57. The minimum atomic E-state index is -0.107. The van der Waals surface area contributed by atoms with E-state index in [0.717, 1.165) is 49.9 Å². The van der Waals surface area contributed by atoms with E-state index in [-0.39, 0.29) is 18.5 Å². The fraction of sp³-hybridized carbons (Fsp3) is 0.296. The number of piperazine rings is 1. The fourth-order valence-corrected chi connectivity index (χ4v) is 5.02. The summed E-state index contributed by atoms with van der Waals surface area (Å²) in [5.41, 5.74) is 2.15. The van der Waals surface area contributed by atoms with Gasteiger partial charge in [-0.1, -0.05) is 71.9 Å². The summed E-state index contributed by atoms with van der Waals surface area (Å²) in [6.07, 6.45) is 4.37. The number of amides is 1. The first-order chi connectivity index (χ1) is 18.1. The third kappa shape index (κ3) is 7.15.